The first-order valence-electron chi connectivity index (χ1n) is 8.11. The zero-order valence-electron chi connectivity index (χ0n) is 13.6. The molecule has 1 aromatic carbocycles. The van der Waals surface area contributed by atoms with E-state index in [9.17, 15) is 0 Å². The van der Waals surface area contributed by atoms with Crippen LogP contribution in [0.5, 0.6) is 0 Å². The molecule has 0 radical (unpaired) electrons. The second-order valence-electron chi connectivity index (χ2n) is 6.13. The van der Waals surface area contributed by atoms with Crippen LogP contribution in [0.3, 0.4) is 0 Å². The van der Waals surface area contributed by atoms with Gasteiger partial charge in [0.2, 0.25) is 0 Å². The number of rotatable bonds is 4. The molecule has 2 bridgehead atoms. The summed E-state index contributed by atoms with van der Waals surface area (Å²) >= 11 is 3.50. The fourth-order valence-electron chi connectivity index (χ4n) is 3.29. The van der Waals surface area contributed by atoms with E-state index in [0.29, 0.717) is 24.8 Å². The van der Waals surface area contributed by atoms with Gasteiger partial charge in [0.15, 0.2) is 5.96 Å². The lowest BCUT2D eigenvalue weighted by Gasteiger charge is -2.22. The summed E-state index contributed by atoms with van der Waals surface area (Å²) in [6.07, 6.45) is 4.32. The number of hydrogen-bond acceptors (Lipinski definition) is 2. The van der Waals surface area contributed by atoms with Crippen LogP contribution < -0.4 is 10.6 Å². The van der Waals surface area contributed by atoms with Crippen LogP contribution in [0.2, 0.25) is 0 Å². The molecule has 4 nitrogen and oxygen atoms in total. The van der Waals surface area contributed by atoms with Crippen LogP contribution >= 0.6 is 39.9 Å². The first kappa shape index (κ1) is 19.0. The fraction of sp³-hybridized carbons (Fsp3) is 0.588. The Labute approximate surface area is 164 Å². The van der Waals surface area contributed by atoms with E-state index in [-0.39, 0.29) is 24.0 Å². The van der Waals surface area contributed by atoms with E-state index < -0.39 is 0 Å². The maximum absolute atomic E-state index is 5.91. The van der Waals surface area contributed by atoms with Gasteiger partial charge < -0.3 is 15.4 Å². The fourth-order valence-corrected chi connectivity index (χ4v) is 3.76. The Hall–Kier alpha value is -0.340. The molecule has 2 saturated heterocycles. The van der Waals surface area contributed by atoms with E-state index in [4.69, 9.17) is 9.73 Å². The highest BCUT2D eigenvalue weighted by molar-refractivity contribution is 14.0. The minimum absolute atomic E-state index is 0. The smallest absolute Gasteiger partial charge is 0.191 e. The van der Waals surface area contributed by atoms with E-state index in [1.54, 1.807) is 0 Å². The minimum Gasteiger partial charge on any atom is -0.373 e. The molecule has 2 aliphatic heterocycles. The zero-order valence-corrected chi connectivity index (χ0v) is 17.6. The lowest BCUT2D eigenvalue weighted by atomic mass is 9.96. The standard InChI is InChI=1S/C17H24BrN3O.HI/c1-3-19-17(21-15-9-14-6-7-16(15)22-14)20-10-12-4-5-13(18)8-11(12)2;/h4-5,8,14-16H,3,6-7,9-10H2,1-2H3,(H2,19,20,21);1H. The van der Waals surface area contributed by atoms with Crippen molar-refractivity contribution < 1.29 is 4.74 Å². The topological polar surface area (TPSA) is 45.7 Å². The van der Waals surface area contributed by atoms with Crippen LogP contribution in [0.1, 0.15) is 37.3 Å². The van der Waals surface area contributed by atoms with Gasteiger partial charge in [-0.15, -0.1) is 24.0 Å². The van der Waals surface area contributed by atoms with E-state index in [0.717, 1.165) is 23.4 Å². The summed E-state index contributed by atoms with van der Waals surface area (Å²) in [6, 6.07) is 6.74. The molecule has 0 aromatic heterocycles. The number of halogens is 2. The molecule has 128 valence electrons. The van der Waals surface area contributed by atoms with Crippen molar-refractivity contribution in [3.63, 3.8) is 0 Å². The van der Waals surface area contributed by atoms with Crippen LogP contribution in [-0.2, 0) is 11.3 Å². The molecule has 0 spiro atoms. The average Bonchev–Trinajstić information content (AvgIpc) is 3.09. The number of ether oxygens (including phenoxy) is 1. The number of aryl methyl sites for hydroxylation is 1. The molecule has 3 unspecified atom stereocenters. The molecule has 1 aromatic rings. The molecule has 6 heteroatoms. The third-order valence-electron chi connectivity index (χ3n) is 4.48. The molecule has 0 aliphatic carbocycles. The number of guanidine groups is 1. The molecular formula is C17H25BrIN3O. The maximum Gasteiger partial charge on any atom is 0.191 e. The van der Waals surface area contributed by atoms with Crippen molar-refractivity contribution in [2.75, 3.05) is 6.54 Å². The number of nitrogens with zero attached hydrogens (tertiary/aromatic N) is 1. The maximum atomic E-state index is 5.91. The molecule has 2 heterocycles. The average molecular weight is 494 g/mol. The summed E-state index contributed by atoms with van der Waals surface area (Å²) in [5, 5.41) is 6.90. The quantitative estimate of drug-likeness (QED) is 0.381. The summed E-state index contributed by atoms with van der Waals surface area (Å²) in [6.45, 7) is 5.78. The van der Waals surface area contributed by atoms with E-state index in [1.165, 1.54) is 24.0 Å². The van der Waals surface area contributed by atoms with Gasteiger partial charge in [-0.1, -0.05) is 22.0 Å². The molecule has 0 amide bonds. The third kappa shape index (κ3) is 4.82. The summed E-state index contributed by atoms with van der Waals surface area (Å²) in [5.74, 6) is 0.894. The molecule has 3 atom stereocenters. The van der Waals surface area contributed by atoms with Crippen LogP contribution in [0.4, 0.5) is 0 Å². The molecule has 2 aliphatic rings. The van der Waals surface area contributed by atoms with Gasteiger partial charge in [0, 0.05) is 11.0 Å². The van der Waals surface area contributed by atoms with Crippen molar-refractivity contribution in [2.24, 2.45) is 4.99 Å². The normalized spacial score (nSPS) is 26.0. The van der Waals surface area contributed by atoms with E-state index >= 15 is 0 Å². The highest BCUT2D eigenvalue weighted by Gasteiger charge is 2.41. The number of nitrogens with one attached hydrogen (secondary N) is 2. The predicted octanol–water partition coefficient (Wildman–Crippen LogP) is 3.75. The Balaban J connectivity index is 0.00000192. The summed E-state index contributed by atoms with van der Waals surface area (Å²) in [5.41, 5.74) is 2.52. The molecule has 2 N–H and O–H groups in total. The van der Waals surface area contributed by atoms with Gasteiger partial charge in [0.25, 0.3) is 0 Å². The van der Waals surface area contributed by atoms with Gasteiger partial charge in [0.05, 0.1) is 24.8 Å². The van der Waals surface area contributed by atoms with Crippen molar-refractivity contribution in [2.45, 2.75) is 57.9 Å². The summed E-state index contributed by atoms with van der Waals surface area (Å²) in [4.78, 5) is 4.74. The Kier molecular flexibility index (Phi) is 7.16. The van der Waals surface area contributed by atoms with Crippen molar-refractivity contribution in [1.82, 2.24) is 10.6 Å². The zero-order chi connectivity index (χ0) is 15.5. The van der Waals surface area contributed by atoms with Crippen molar-refractivity contribution >= 4 is 45.9 Å². The predicted molar refractivity (Wildman–Crippen MR) is 109 cm³/mol. The highest BCUT2D eigenvalue weighted by atomic mass is 127. The number of benzene rings is 1. The summed E-state index contributed by atoms with van der Waals surface area (Å²) in [7, 11) is 0. The Morgan fingerprint density at radius 3 is 2.83 bits per heavy atom. The molecule has 2 fully saturated rings. The van der Waals surface area contributed by atoms with Crippen LogP contribution in [0.15, 0.2) is 27.7 Å². The van der Waals surface area contributed by atoms with Gasteiger partial charge in [-0.2, -0.15) is 0 Å². The first-order valence-corrected chi connectivity index (χ1v) is 8.90. The van der Waals surface area contributed by atoms with Crippen molar-refractivity contribution in [1.29, 1.82) is 0 Å². The van der Waals surface area contributed by atoms with Gasteiger partial charge >= 0.3 is 0 Å². The van der Waals surface area contributed by atoms with Gasteiger partial charge in [-0.05, 0) is 56.4 Å². The lowest BCUT2D eigenvalue weighted by molar-refractivity contribution is 0.0992. The largest absolute Gasteiger partial charge is 0.373 e. The van der Waals surface area contributed by atoms with Crippen molar-refractivity contribution in [3.8, 4) is 0 Å². The van der Waals surface area contributed by atoms with Crippen LogP contribution in [0, 0.1) is 6.92 Å². The van der Waals surface area contributed by atoms with Gasteiger partial charge in [-0.25, -0.2) is 4.99 Å². The Morgan fingerprint density at radius 1 is 1.39 bits per heavy atom. The molecule has 0 saturated carbocycles. The second kappa shape index (κ2) is 8.67. The molecule has 23 heavy (non-hydrogen) atoms. The Bertz CT molecular complexity index is 567. The van der Waals surface area contributed by atoms with E-state index in [2.05, 4.69) is 58.6 Å². The van der Waals surface area contributed by atoms with Crippen molar-refractivity contribution in [3.05, 3.63) is 33.8 Å². The number of fused-ring (bicyclic) bond motifs is 2. The SMILES string of the molecule is CCNC(=NCc1ccc(Br)cc1C)NC1CC2CCC1O2.I. The highest BCUT2D eigenvalue weighted by Crippen LogP contribution is 2.34. The lowest BCUT2D eigenvalue weighted by Crippen LogP contribution is -2.47. The third-order valence-corrected chi connectivity index (χ3v) is 4.98. The van der Waals surface area contributed by atoms with Crippen LogP contribution in [0.25, 0.3) is 0 Å². The van der Waals surface area contributed by atoms with Gasteiger partial charge in [-0.3, -0.25) is 0 Å². The monoisotopic (exact) mass is 493 g/mol. The summed E-state index contributed by atoms with van der Waals surface area (Å²) < 4.78 is 7.02. The number of hydrogen-bond donors (Lipinski definition) is 2. The Morgan fingerprint density at radius 2 is 2.22 bits per heavy atom. The number of aliphatic imine (C=N–C) groups is 1. The molecular weight excluding hydrogens is 469 g/mol. The second-order valence-corrected chi connectivity index (χ2v) is 7.04. The van der Waals surface area contributed by atoms with E-state index in [1.807, 2.05) is 0 Å². The first-order chi connectivity index (χ1) is 10.7. The van der Waals surface area contributed by atoms with Crippen LogP contribution in [-0.4, -0.2) is 30.8 Å². The van der Waals surface area contributed by atoms with Gasteiger partial charge in [0.1, 0.15) is 0 Å². The molecule has 3 rings (SSSR count). The minimum atomic E-state index is 0.